The maximum atomic E-state index is 12.0. The van der Waals surface area contributed by atoms with Gasteiger partial charge < -0.3 is 5.11 Å². The first-order chi connectivity index (χ1) is 8.73. The molecule has 0 bridgehead atoms. The Kier molecular flexibility index (Phi) is 5.33. The minimum Gasteiger partial charge on any atom is -0.394 e. The Morgan fingerprint density at radius 1 is 1.21 bits per heavy atom. The average Bonchev–Trinajstić information content (AvgIpc) is 2.34. The van der Waals surface area contributed by atoms with Crippen molar-refractivity contribution >= 4 is 10.0 Å². The molecule has 1 aromatic carbocycles. The van der Waals surface area contributed by atoms with Crippen LogP contribution in [-0.4, -0.2) is 32.1 Å². The van der Waals surface area contributed by atoms with Gasteiger partial charge in [0, 0.05) is 0 Å². The van der Waals surface area contributed by atoms with E-state index in [0.717, 1.165) is 0 Å². The molecule has 0 unspecified atom stereocenters. The summed E-state index contributed by atoms with van der Waals surface area (Å²) in [5.41, 5.74) is 0.487. The Morgan fingerprint density at radius 2 is 1.79 bits per heavy atom. The summed E-state index contributed by atoms with van der Waals surface area (Å²) >= 11 is 0. The second kappa shape index (κ2) is 6.36. The van der Waals surface area contributed by atoms with Gasteiger partial charge in [0.2, 0.25) is 10.0 Å². The van der Waals surface area contributed by atoms with Gasteiger partial charge in [0.1, 0.15) is 0 Å². The van der Waals surface area contributed by atoms with Crippen LogP contribution in [0.1, 0.15) is 18.0 Å². The van der Waals surface area contributed by atoms with Crippen molar-refractivity contribution in [3.8, 4) is 0 Å². The number of aliphatic hydroxyl groups is 1. The third kappa shape index (κ3) is 6.04. The Bertz CT molecular complexity index is 488. The molecule has 0 aliphatic rings. The fourth-order valence-corrected chi connectivity index (χ4v) is 2.68. The van der Waals surface area contributed by atoms with Gasteiger partial charge in [-0.05, 0) is 5.56 Å². The van der Waals surface area contributed by atoms with Gasteiger partial charge in [-0.1, -0.05) is 30.3 Å². The Morgan fingerprint density at radius 3 is 2.26 bits per heavy atom. The van der Waals surface area contributed by atoms with E-state index in [1.165, 1.54) is 0 Å². The lowest BCUT2D eigenvalue weighted by molar-refractivity contribution is -0.130. The molecule has 19 heavy (non-hydrogen) atoms. The molecule has 1 aromatic rings. The van der Waals surface area contributed by atoms with Crippen LogP contribution in [0.4, 0.5) is 13.2 Å². The SMILES string of the molecule is O=S(=O)(CCC(F)(F)F)N[C@H](CO)c1ccccc1. The highest BCUT2D eigenvalue weighted by atomic mass is 32.2. The maximum Gasteiger partial charge on any atom is 0.390 e. The Hall–Kier alpha value is -1.12. The van der Waals surface area contributed by atoms with E-state index in [9.17, 15) is 21.6 Å². The molecule has 0 saturated heterocycles. The number of benzene rings is 1. The lowest BCUT2D eigenvalue weighted by atomic mass is 10.1. The van der Waals surface area contributed by atoms with E-state index < -0.39 is 41.0 Å². The van der Waals surface area contributed by atoms with Crippen molar-refractivity contribution in [2.45, 2.75) is 18.6 Å². The van der Waals surface area contributed by atoms with E-state index in [-0.39, 0.29) is 0 Å². The first kappa shape index (κ1) is 15.9. The highest BCUT2D eigenvalue weighted by Crippen LogP contribution is 2.21. The molecule has 1 atom stereocenters. The fourth-order valence-electron chi connectivity index (χ4n) is 1.42. The highest BCUT2D eigenvalue weighted by molar-refractivity contribution is 7.89. The topological polar surface area (TPSA) is 66.4 Å². The molecule has 0 aromatic heterocycles. The van der Waals surface area contributed by atoms with Crippen molar-refractivity contribution < 1.29 is 26.7 Å². The van der Waals surface area contributed by atoms with E-state index >= 15 is 0 Å². The van der Waals surface area contributed by atoms with Crippen LogP contribution < -0.4 is 4.72 Å². The van der Waals surface area contributed by atoms with Crippen molar-refractivity contribution in [3.63, 3.8) is 0 Å². The van der Waals surface area contributed by atoms with E-state index in [4.69, 9.17) is 5.11 Å². The summed E-state index contributed by atoms with van der Waals surface area (Å²) in [6, 6.07) is 7.19. The number of alkyl halides is 3. The molecule has 0 heterocycles. The van der Waals surface area contributed by atoms with E-state index in [0.29, 0.717) is 5.56 Å². The van der Waals surface area contributed by atoms with E-state index in [2.05, 4.69) is 4.72 Å². The van der Waals surface area contributed by atoms with Crippen LogP contribution in [0.15, 0.2) is 30.3 Å². The van der Waals surface area contributed by atoms with Crippen LogP contribution in [0.5, 0.6) is 0 Å². The normalized spacial score (nSPS) is 14.3. The van der Waals surface area contributed by atoms with Gasteiger partial charge in [-0.2, -0.15) is 13.2 Å². The second-order valence-corrected chi connectivity index (χ2v) is 5.82. The van der Waals surface area contributed by atoms with Gasteiger partial charge in [-0.25, -0.2) is 13.1 Å². The van der Waals surface area contributed by atoms with Gasteiger partial charge >= 0.3 is 6.18 Å². The molecule has 0 spiro atoms. The number of halogens is 3. The number of sulfonamides is 1. The Labute approximate surface area is 109 Å². The summed E-state index contributed by atoms with van der Waals surface area (Å²) in [6.45, 7) is -0.532. The summed E-state index contributed by atoms with van der Waals surface area (Å²) in [5, 5.41) is 9.12. The lowest BCUT2D eigenvalue weighted by Crippen LogP contribution is -2.34. The number of hydrogen-bond donors (Lipinski definition) is 2. The molecular formula is C11H14F3NO3S. The van der Waals surface area contributed by atoms with E-state index in [1.54, 1.807) is 30.3 Å². The minimum atomic E-state index is -4.53. The summed E-state index contributed by atoms with van der Waals surface area (Å²) in [5.74, 6) is -1.06. The van der Waals surface area contributed by atoms with Gasteiger partial charge in [0.05, 0.1) is 24.8 Å². The smallest absolute Gasteiger partial charge is 0.390 e. The zero-order valence-corrected chi connectivity index (χ0v) is 10.7. The predicted molar refractivity (Wildman–Crippen MR) is 63.9 cm³/mol. The van der Waals surface area contributed by atoms with Crippen LogP contribution in [0.25, 0.3) is 0 Å². The molecule has 0 saturated carbocycles. The van der Waals surface area contributed by atoms with Gasteiger partial charge in [0.25, 0.3) is 0 Å². The molecule has 8 heteroatoms. The summed E-state index contributed by atoms with van der Waals surface area (Å²) in [6.07, 6.45) is -5.95. The van der Waals surface area contributed by atoms with Crippen molar-refractivity contribution in [1.29, 1.82) is 0 Å². The van der Waals surface area contributed by atoms with Crippen LogP contribution in [0, 0.1) is 0 Å². The average molecular weight is 297 g/mol. The number of nitrogens with one attached hydrogen (secondary N) is 1. The molecule has 0 aliphatic heterocycles. The predicted octanol–water partition coefficient (Wildman–Crippen LogP) is 1.59. The third-order valence-corrected chi connectivity index (χ3v) is 3.75. The van der Waals surface area contributed by atoms with Crippen molar-refractivity contribution in [3.05, 3.63) is 35.9 Å². The van der Waals surface area contributed by atoms with Crippen molar-refractivity contribution in [1.82, 2.24) is 4.72 Å². The van der Waals surface area contributed by atoms with Crippen LogP contribution in [-0.2, 0) is 10.0 Å². The lowest BCUT2D eigenvalue weighted by Gasteiger charge is -2.17. The highest BCUT2D eigenvalue weighted by Gasteiger charge is 2.30. The number of rotatable bonds is 6. The first-order valence-corrected chi connectivity index (χ1v) is 7.11. The number of aliphatic hydroxyl groups excluding tert-OH is 1. The quantitative estimate of drug-likeness (QED) is 0.838. The Balaban J connectivity index is 2.70. The fraction of sp³-hybridized carbons (Fsp3) is 0.455. The summed E-state index contributed by atoms with van der Waals surface area (Å²) in [4.78, 5) is 0. The van der Waals surface area contributed by atoms with Crippen molar-refractivity contribution in [2.24, 2.45) is 0 Å². The number of hydrogen-bond acceptors (Lipinski definition) is 3. The van der Waals surface area contributed by atoms with Crippen LogP contribution in [0.2, 0.25) is 0 Å². The second-order valence-electron chi connectivity index (χ2n) is 3.95. The molecule has 1 rings (SSSR count). The molecule has 108 valence electrons. The maximum absolute atomic E-state index is 12.0. The summed E-state index contributed by atoms with van der Waals surface area (Å²) in [7, 11) is -4.10. The zero-order valence-electron chi connectivity index (χ0n) is 9.89. The van der Waals surface area contributed by atoms with Crippen molar-refractivity contribution in [2.75, 3.05) is 12.4 Å². The van der Waals surface area contributed by atoms with Crippen LogP contribution >= 0.6 is 0 Å². The molecule has 0 radical (unpaired) electrons. The van der Waals surface area contributed by atoms with Crippen LogP contribution in [0.3, 0.4) is 0 Å². The molecular weight excluding hydrogens is 283 g/mol. The van der Waals surface area contributed by atoms with Gasteiger partial charge in [-0.3, -0.25) is 0 Å². The summed E-state index contributed by atoms with van der Waals surface area (Å²) < 4.78 is 61.0. The molecule has 2 N–H and O–H groups in total. The molecule has 4 nitrogen and oxygen atoms in total. The standard InChI is InChI=1S/C11H14F3NO3S/c12-11(13,14)6-7-19(17,18)15-10(8-16)9-4-2-1-3-5-9/h1-5,10,15-16H,6-8H2/t10-/m1/s1. The molecule has 0 aliphatic carbocycles. The monoisotopic (exact) mass is 297 g/mol. The molecule has 0 fully saturated rings. The third-order valence-electron chi connectivity index (χ3n) is 2.36. The van der Waals surface area contributed by atoms with Gasteiger partial charge in [-0.15, -0.1) is 0 Å². The largest absolute Gasteiger partial charge is 0.394 e. The van der Waals surface area contributed by atoms with E-state index in [1.807, 2.05) is 0 Å². The first-order valence-electron chi connectivity index (χ1n) is 5.46. The molecule has 0 amide bonds. The van der Waals surface area contributed by atoms with Gasteiger partial charge in [0.15, 0.2) is 0 Å². The zero-order chi connectivity index (χ0) is 14.5. The minimum absolute atomic E-state index is 0.487.